The van der Waals surface area contributed by atoms with Crippen molar-refractivity contribution in [1.82, 2.24) is 9.97 Å². The Morgan fingerprint density at radius 1 is 0.714 bits per heavy atom. The fourth-order valence-corrected chi connectivity index (χ4v) is 3.71. The van der Waals surface area contributed by atoms with Gasteiger partial charge in [-0.1, -0.05) is 48.0 Å². The quantitative estimate of drug-likeness (QED) is 0.233. The molecule has 1 aliphatic rings. The molecule has 5 rings (SSSR count). The molecule has 1 aliphatic heterocycles. The zero-order chi connectivity index (χ0) is 19.1. The lowest BCUT2D eigenvalue weighted by atomic mass is 10.1. The van der Waals surface area contributed by atoms with E-state index in [0.717, 1.165) is 34.1 Å². The number of benzene rings is 3. The van der Waals surface area contributed by atoms with Crippen LogP contribution in [0.25, 0.3) is 11.3 Å². The minimum absolute atomic E-state index is 0.127. The number of halogens is 2. The van der Waals surface area contributed by atoms with Gasteiger partial charge in [-0.15, -0.1) is 0 Å². The summed E-state index contributed by atoms with van der Waals surface area (Å²) in [7, 11) is 0. The first-order valence-electron chi connectivity index (χ1n) is 8.65. The van der Waals surface area contributed by atoms with E-state index in [1.165, 1.54) is 0 Å². The van der Waals surface area contributed by atoms with Crippen LogP contribution < -0.4 is 9.64 Å². The summed E-state index contributed by atoms with van der Waals surface area (Å²) in [5, 5.41) is 0.442. The highest BCUT2D eigenvalue weighted by Gasteiger charge is 2.25. The van der Waals surface area contributed by atoms with Gasteiger partial charge in [-0.3, -0.25) is 0 Å². The molecule has 136 valence electrons. The van der Waals surface area contributed by atoms with Crippen LogP contribution in [0.4, 0.5) is 17.1 Å². The van der Waals surface area contributed by atoms with Crippen molar-refractivity contribution in [2.45, 2.75) is 0 Å². The summed E-state index contributed by atoms with van der Waals surface area (Å²) in [6, 6.07) is 25.7. The summed E-state index contributed by atoms with van der Waals surface area (Å²) >= 11 is 11.9. The molecule has 0 amide bonds. The molecule has 0 bridgehead atoms. The number of ether oxygens (including phenoxy) is 1. The number of fused-ring (bicyclic) bond motifs is 2. The molecule has 0 radical (unpaired) electrons. The van der Waals surface area contributed by atoms with E-state index >= 15 is 0 Å². The second kappa shape index (κ2) is 6.82. The van der Waals surface area contributed by atoms with E-state index in [-0.39, 0.29) is 5.28 Å². The van der Waals surface area contributed by atoms with E-state index in [0.29, 0.717) is 10.8 Å². The largest absolute Gasteiger partial charge is 0.453 e. The van der Waals surface area contributed by atoms with Gasteiger partial charge in [0.15, 0.2) is 11.5 Å². The van der Waals surface area contributed by atoms with Crippen LogP contribution in [0.3, 0.4) is 0 Å². The minimum Gasteiger partial charge on any atom is -0.453 e. The van der Waals surface area contributed by atoms with Crippen molar-refractivity contribution in [3.05, 3.63) is 89.3 Å². The third-order valence-corrected chi connectivity index (χ3v) is 4.88. The number of anilines is 3. The van der Waals surface area contributed by atoms with Crippen LogP contribution in [0.15, 0.2) is 78.9 Å². The van der Waals surface area contributed by atoms with Crippen LogP contribution in [-0.4, -0.2) is 9.97 Å². The molecular weight excluding hydrogens is 393 g/mol. The Balaban J connectivity index is 1.60. The van der Waals surface area contributed by atoms with Crippen molar-refractivity contribution in [2.75, 3.05) is 4.90 Å². The first-order chi connectivity index (χ1) is 13.7. The normalized spacial score (nSPS) is 12.1. The third kappa shape index (κ3) is 2.97. The Morgan fingerprint density at radius 3 is 1.93 bits per heavy atom. The highest BCUT2D eigenvalue weighted by atomic mass is 35.5. The van der Waals surface area contributed by atoms with Gasteiger partial charge in [-0.2, -0.15) is 0 Å². The van der Waals surface area contributed by atoms with Crippen LogP contribution >= 0.6 is 23.2 Å². The van der Waals surface area contributed by atoms with Gasteiger partial charge in [0.1, 0.15) is 5.15 Å². The lowest BCUT2D eigenvalue weighted by Gasteiger charge is -2.32. The Hall–Kier alpha value is -3.08. The maximum Gasteiger partial charge on any atom is 0.224 e. The van der Waals surface area contributed by atoms with Gasteiger partial charge in [0, 0.05) is 17.3 Å². The maximum atomic E-state index is 6.06. The van der Waals surface area contributed by atoms with Crippen LogP contribution in [0, 0.1) is 0 Å². The molecule has 3 aromatic carbocycles. The Kier molecular flexibility index (Phi) is 4.15. The first-order valence-corrected chi connectivity index (χ1v) is 9.41. The molecule has 0 N–H and O–H groups in total. The minimum atomic E-state index is 0.127. The fraction of sp³-hybridized carbons (Fsp3) is 0. The van der Waals surface area contributed by atoms with Gasteiger partial charge >= 0.3 is 0 Å². The van der Waals surface area contributed by atoms with Gasteiger partial charge in [0.25, 0.3) is 0 Å². The van der Waals surface area contributed by atoms with Crippen molar-refractivity contribution in [1.29, 1.82) is 0 Å². The summed E-state index contributed by atoms with van der Waals surface area (Å²) < 4.78 is 6.06. The maximum absolute atomic E-state index is 6.06. The lowest BCUT2D eigenvalue weighted by molar-refractivity contribution is 0.477. The standard InChI is InChI=1S/C22H13Cl2N3O/c23-21-13-16(25-22(24)26-21)14-9-11-15(12-10-14)27-17-5-1-3-7-19(17)28-20-8-4-2-6-18(20)27/h1-13H. The average molecular weight is 406 g/mol. The van der Waals surface area contributed by atoms with E-state index in [9.17, 15) is 0 Å². The number of rotatable bonds is 2. The summed E-state index contributed by atoms with van der Waals surface area (Å²) in [5.74, 6) is 1.64. The fourth-order valence-electron chi connectivity index (χ4n) is 3.30. The Bertz CT molecular complexity index is 1110. The molecule has 0 aliphatic carbocycles. The number of nitrogens with zero attached hydrogens (tertiary/aromatic N) is 3. The SMILES string of the molecule is Clc1cc(-c2ccc(N3c4ccccc4Oc4ccccc43)cc2)nc(Cl)n1. The third-order valence-electron chi connectivity index (χ3n) is 4.52. The van der Waals surface area contributed by atoms with Gasteiger partial charge in [-0.25, -0.2) is 9.97 Å². The molecule has 0 spiro atoms. The van der Waals surface area contributed by atoms with E-state index < -0.39 is 0 Å². The highest BCUT2D eigenvalue weighted by molar-refractivity contribution is 6.32. The average Bonchev–Trinajstić information content (AvgIpc) is 2.71. The Labute approximate surface area is 172 Å². The molecule has 0 fully saturated rings. The van der Waals surface area contributed by atoms with E-state index in [2.05, 4.69) is 14.9 Å². The number of aromatic nitrogens is 2. The molecule has 0 saturated carbocycles. The summed E-state index contributed by atoms with van der Waals surface area (Å²) in [6.45, 7) is 0. The van der Waals surface area contributed by atoms with E-state index in [1.807, 2.05) is 72.8 Å². The van der Waals surface area contributed by atoms with Gasteiger partial charge < -0.3 is 9.64 Å². The second-order valence-corrected chi connectivity index (χ2v) is 6.99. The second-order valence-electron chi connectivity index (χ2n) is 6.26. The number of para-hydroxylation sites is 4. The molecule has 2 heterocycles. The molecule has 4 nitrogen and oxygen atoms in total. The van der Waals surface area contributed by atoms with E-state index in [4.69, 9.17) is 27.9 Å². The van der Waals surface area contributed by atoms with Crippen molar-refractivity contribution >= 4 is 40.3 Å². The van der Waals surface area contributed by atoms with Gasteiger partial charge in [0.2, 0.25) is 5.28 Å². The summed E-state index contributed by atoms with van der Waals surface area (Å²) in [5.41, 5.74) is 4.58. The highest BCUT2D eigenvalue weighted by Crippen LogP contribution is 2.50. The lowest BCUT2D eigenvalue weighted by Crippen LogP contribution is -2.15. The first kappa shape index (κ1) is 17.0. The molecule has 0 atom stereocenters. The predicted octanol–water partition coefficient (Wildman–Crippen LogP) is 7.03. The zero-order valence-corrected chi connectivity index (χ0v) is 16.0. The molecule has 0 saturated heterocycles. The van der Waals surface area contributed by atoms with Crippen molar-refractivity contribution in [3.8, 4) is 22.8 Å². The van der Waals surface area contributed by atoms with Gasteiger partial charge in [0.05, 0.1) is 17.1 Å². The number of hydrogen-bond acceptors (Lipinski definition) is 4. The van der Waals surface area contributed by atoms with Crippen LogP contribution in [0.1, 0.15) is 0 Å². The van der Waals surface area contributed by atoms with Crippen LogP contribution in [0.5, 0.6) is 11.5 Å². The molecule has 28 heavy (non-hydrogen) atoms. The van der Waals surface area contributed by atoms with Crippen molar-refractivity contribution in [3.63, 3.8) is 0 Å². The van der Waals surface area contributed by atoms with Crippen LogP contribution in [-0.2, 0) is 0 Å². The smallest absolute Gasteiger partial charge is 0.224 e. The van der Waals surface area contributed by atoms with E-state index in [1.54, 1.807) is 6.07 Å². The molecular formula is C22H13Cl2N3O. The van der Waals surface area contributed by atoms with Crippen molar-refractivity contribution < 1.29 is 4.74 Å². The summed E-state index contributed by atoms with van der Waals surface area (Å²) in [6.07, 6.45) is 0. The predicted molar refractivity (Wildman–Crippen MR) is 112 cm³/mol. The summed E-state index contributed by atoms with van der Waals surface area (Å²) in [4.78, 5) is 10.3. The molecule has 4 aromatic rings. The van der Waals surface area contributed by atoms with Gasteiger partial charge in [-0.05, 0) is 48.0 Å². The van der Waals surface area contributed by atoms with Crippen LogP contribution in [0.2, 0.25) is 10.4 Å². The van der Waals surface area contributed by atoms with Crippen molar-refractivity contribution in [2.24, 2.45) is 0 Å². The molecule has 1 aromatic heterocycles. The monoisotopic (exact) mass is 405 g/mol. The molecule has 0 unspecified atom stereocenters. The zero-order valence-electron chi connectivity index (χ0n) is 14.5. The topological polar surface area (TPSA) is 38.2 Å². The Morgan fingerprint density at radius 2 is 1.32 bits per heavy atom. The number of hydrogen-bond donors (Lipinski definition) is 0. The molecule has 6 heteroatoms.